The standard InChI is InChI=1S/C10H18ClN3/c1-13(2)6-7-14-9-10(8-12-14)4-3-5-11/h8-9H,3-7H2,1-2H3. The lowest BCUT2D eigenvalue weighted by Gasteiger charge is -2.08. The molecule has 0 saturated heterocycles. The van der Waals surface area contributed by atoms with Crippen LogP contribution in [0.5, 0.6) is 0 Å². The van der Waals surface area contributed by atoms with E-state index in [1.54, 1.807) is 0 Å². The average molecular weight is 216 g/mol. The van der Waals surface area contributed by atoms with Gasteiger partial charge in [-0.1, -0.05) is 0 Å². The molecule has 0 unspecified atom stereocenters. The largest absolute Gasteiger partial charge is 0.308 e. The van der Waals surface area contributed by atoms with Crippen LogP contribution in [0.25, 0.3) is 0 Å². The molecule has 0 bridgehead atoms. The Labute approximate surface area is 90.7 Å². The summed E-state index contributed by atoms with van der Waals surface area (Å²) in [6.07, 6.45) is 6.10. The average Bonchev–Trinajstić information content (AvgIpc) is 2.59. The van der Waals surface area contributed by atoms with Gasteiger partial charge in [-0.05, 0) is 32.5 Å². The van der Waals surface area contributed by atoms with Crippen LogP contribution in [0.15, 0.2) is 12.4 Å². The summed E-state index contributed by atoms with van der Waals surface area (Å²) in [6.45, 7) is 1.98. The highest BCUT2D eigenvalue weighted by Gasteiger charge is 1.98. The Kier molecular flexibility index (Phi) is 4.98. The number of nitrogens with zero attached hydrogens (tertiary/aromatic N) is 3. The van der Waals surface area contributed by atoms with Gasteiger partial charge in [0.2, 0.25) is 0 Å². The maximum absolute atomic E-state index is 5.63. The highest BCUT2D eigenvalue weighted by Crippen LogP contribution is 2.02. The Hall–Kier alpha value is -0.540. The lowest BCUT2D eigenvalue weighted by molar-refractivity contribution is 0.373. The predicted molar refractivity (Wildman–Crippen MR) is 59.8 cm³/mol. The molecule has 0 aliphatic rings. The van der Waals surface area contributed by atoms with Crippen LogP contribution in [0, 0.1) is 0 Å². The molecule has 1 rings (SSSR count). The second-order valence-corrected chi connectivity index (χ2v) is 4.09. The fraction of sp³-hybridized carbons (Fsp3) is 0.700. The lowest BCUT2D eigenvalue weighted by atomic mass is 10.2. The maximum atomic E-state index is 5.63. The van der Waals surface area contributed by atoms with Gasteiger partial charge in [-0.2, -0.15) is 5.10 Å². The van der Waals surface area contributed by atoms with Gasteiger partial charge in [0.15, 0.2) is 0 Å². The monoisotopic (exact) mass is 215 g/mol. The third-order valence-electron chi connectivity index (χ3n) is 2.06. The van der Waals surface area contributed by atoms with Crippen molar-refractivity contribution in [2.45, 2.75) is 19.4 Å². The molecule has 0 amide bonds. The quantitative estimate of drug-likeness (QED) is 0.673. The minimum atomic E-state index is 0.725. The van der Waals surface area contributed by atoms with Crippen molar-refractivity contribution in [3.05, 3.63) is 18.0 Å². The molecule has 4 heteroatoms. The summed E-state index contributed by atoms with van der Waals surface area (Å²) in [6, 6.07) is 0. The van der Waals surface area contributed by atoms with Crippen LogP contribution >= 0.6 is 11.6 Å². The van der Waals surface area contributed by atoms with Gasteiger partial charge < -0.3 is 4.90 Å². The summed E-state index contributed by atoms with van der Waals surface area (Å²) in [4.78, 5) is 2.15. The van der Waals surface area contributed by atoms with Crippen molar-refractivity contribution in [1.82, 2.24) is 14.7 Å². The predicted octanol–water partition coefficient (Wildman–Crippen LogP) is 1.62. The minimum Gasteiger partial charge on any atom is -0.308 e. The molecule has 0 aromatic carbocycles. The molecule has 0 aliphatic carbocycles. The summed E-state index contributed by atoms with van der Waals surface area (Å²) in [5, 5.41) is 4.29. The van der Waals surface area contributed by atoms with Crippen molar-refractivity contribution in [3.8, 4) is 0 Å². The summed E-state index contributed by atoms with van der Waals surface area (Å²) in [5.41, 5.74) is 1.28. The van der Waals surface area contributed by atoms with E-state index >= 15 is 0 Å². The van der Waals surface area contributed by atoms with Crippen LogP contribution < -0.4 is 0 Å². The Morgan fingerprint density at radius 2 is 2.29 bits per heavy atom. The number of aromatic nitrogens is 2. The van der Waals surface area contributed by atoms with E-state index in [0.717, 1.165) is 31.8 Å². The highest BCUT2D eigenvalue weighted by molar-refractivity contribution is 6.17. The summed E-state index contributed by atoms with van der Waals surface area (Å²) < 4.78 is 1.99. The lowest BCUT2D eigenvalue weighted by Crippen LogP contribution is -2.18. The second kappa shape index (κ2) is 6.04. The normalized spacial score (nSPS) is 11.1. The molecule has 0 spiro atoms. The molecule has 0 saturated carbocycles. The van der Waals surface area contributed by atoms with E-state index in [4.69, 9.17) is 11.6 Å². The zero-order valence-electron chi connectivity index (χ0n) is 8.91. The Balaban J connectivity index is 2.35. The van der Waals surface area contributed by atoms with Crippen LogP contribution in [0.2, 0.25) is 0 Å². The Morgan fingerprint density at radius 1 is 1.50 bits per heavy atom. The van der Waals surface area contributed by atoms with Crippen molar-refractivity contribution < 1.29 is 0 Å². The van der Waals surface area contributed by atoms with Gasteiger partial charge in [-0.25, -0.2) is 0 Å². The Morgan fingerprint density at radius 3 is 2.93 bits per heavy atom. The van der Waals surface area contributed by atoms with E-state index in [1.165, 1.54) is 5.56 Å². The molecule has 0 aliphatic heterocycles. The molecule has 0 fully saturated rings. The molecular weight excluding hydrogens is 198 g/mol. The molecule has 0 N–H and O–H groups in total. The number of rotatable bonds is 6. The number of likely N-dealkylation sites (N-methyl/N-ethyl adjacent to an activating group) is 1. The van der Waals surface area contributed by atoms with E-state index in [0.29, 0.717) is 0 Å². The fourth-order valence-electron chi connectivity index (χ4n) is 1.23. The number of hydrogen-bond donors (Lipinski definition) is 0. The second-order valence-electron chi connectivity index (χ2n) is 3.71. The number of halogens is 1. The van der Waals surface area contributed by atoms with Crippen LogP contribution in [0.3, 0.4) is 0 Å². The van der Waals surface area contributed by atoms with Gasteiger partial charge in [0.1, 0.15) is 0 Å². The molecule has 80 valence electrons. The van der Waals surface area contributed by atoms with Crippen molar-refractivity contribution >= 4 is 11.6 Å². The molecule has 0 atom stereocenters. The maximum Gasteiger partial charge on any atom is 0.0536 e. The van der Waals surface area contributed by atoms with Crippen LogP contribution in [0.4, 0.5) is 0 Å². The van der Waals surface area contributed by atoms with E-state index in [1.807, 2.05) is 10.9 Å². The first kappa shape index (κ1) is 11.5. The topological polar surface area (TPSA) is 21.1 Å². The summed E-state index contributed by atoms with van der Waals surface area (Å²) in [5.74, 6) is 0.725. The SMILES string of the molecule is CN(C)CCn1cc(CCCCl)cn1. The molecule has 3 nitrogen and oxygen atoms in total. The third-order valence-corrected chi connectivity index (χ3v) is 2.33. The van der Waals surface area contributed by atoms with Gasteiger partial charge in [0, 0.05) is 18.6 Å². The number of hydrogen-bond acceptors (Lipinski definition) is 2. The van der Waals surface area contributed by atoms with Crippen molar-refractivity contribution in [2.75, 3.05) is 26.5 Å². The Bertz CT molecular complexity index is 258. The summed E-state index contributed by atoms with van der Waals surface area (Å²) in [7, 11) is 4.13. The third kappa shape index (κ3) is 4.11. The van der Waals surface area contributed by atoms with Crippen molar-refractivity contribution in [1.29, 1.82) is 0 Å². The zero-order valence-corrected chi connectivity index (χ0v) is 9.67. The van der Waals surface area contributed by atoms with E-state index in [2.05, 4.69) is 30.3 Å². The molecule has 14 heavy (non-hydrogen) atoms. The van der Waals surface area contributed by atoms with Gasteiger partial charge in [-0.3, -0.25) is 4.68 Å². The van der Waals surface area contributed by atoms with Crippen molar-refractivity contribution in [2.24, 2.45) is 0 Å². The van der Waals surface area contributed by atoms with E-state index in [-0.39, 0.29) is 0 Å². The first-order valence-corrected chi connectivity index (χ1v) is 5.48. The van der Waals surface area contributed by atoms with E-state index in [9.17, 15) is 0 Å². The molecule has 1 heterocycles. The van der Waals surface area contributed by atoms with E-state index < -0.39 is 0 Å². The van der Waals surface area contributed by atoms with Crippen LogP contribution in [-0.4, -0.2) is 41.2 Å². The highest BCUT2D eigenvalue weighted by atomic mass is 35.5. The van der Waals surface area contributed by atoms with Gasteiger partial charge in [0.05, 0.1) is 12.7 Å². The molecule has 1 aromatic rings. The van der Waals surface area contributed by atoms with Crippen LogP contribution in [-0.2, 0) is 13.0 Å². The minimum absolute atomic E-state index is 0.725. The number of alkyl halides is 1. The van der Waals surface area contributed by atoms with Gasteiger partial charge >= 0.3 is 0 Å². The van der Waals surface area contributed by atoms with Crippen molar-refractivity contribution in [3.63, 3.8) is 0 Å². The molecule has 0 radical (unpaired) electrons. The first-order valence-electron chi connectivity index (χ1n) is 4.94. The van der Waals surface area contributed by atoms with Gasteiger partial charge in [-0.15, -0.1) is 11.6 Å². The smallest absolute Gasteiger partial charge is 0.0536 e. The fourth-order valence-corrected chi connectivity index (χ4v) is 1.36. The first-order chi connectivity index (χ1) is 6.72. The zero-order chi connectivity index (χ0) is 10.4. The molecular formula is C10H18ClN3. The number of aryl methyl sites for hydroxylation is 1. The summed E-state index contributed by atoms with van der Waals surface area (Å²) >= 11 is 5.63. The van der Waals surface area contributed by atoms with Crippen LogP contribution in [0.1, 0.15) is 12.0 Å². The van der Waals surface area contributed by atoms with Gasteiger partial charge in [0.25, 0.3) is 0 Å². The molecule has 1 aromatic heterocycles.